The van der Waals surface area contributed by atoms with Crippen molar-refractivity contribution in [3.63, 3.8) is 0 Å². The normalized spacial score (nSPS) is 8.69. The van der Waals surface area contributed by atoms with Crippen molar-refractivity contribution >= 4 is 20.8 Å². The quantitative estimate of drug-likeness (QED) is 0.601. The summed E-state index contributed by atoms with van der Waals surface area (Å²) in [5.74, 6) is -0.267. The van der Waals surface area contributed by atoms with Crippen LogP contribution in [0.3, 0.4) is 0 Å². The van der Waals surface area contributed by atoms with Gasteiger partial charge in [0.05, 0.1) is 17.9 Å². The molecule has 0 saturated heterocycles. The summed E-state index contributed by atoms with van der Waals surface area (Å²) in [7, 11) is 4.97. The van der Waals surface area contributed by atoms with Crippen molar-refractivity contribution < 1.29 is 14.1 Å². The SMILES string of the molecule is CCOC(=O)c1ccccc1N(C)C.O=[PH2+]. The van der Waals surface area contributed by atoms with Gasteiger partial charge in [0.25, 0.3) is 0 Å². The van der Waals surface area contributed by atoms with Gasteiger partial charge in [-0.25, -0.2) is 4.79 Å². The summed E-state index contributed by atoms with van der Waals surface area (Å²) >= 11 is 0. The van der Waals surface area contributed by atoms with Gasteiger partial charge in [0, 0.05) is 14.1 Å². The Morgan fingerprint density at radius 3 is 2.38 bits per heavy atom. The van der Waals surface area contributed by atoms with E-state index in [0.717, 1.165) is 5.69 Å². The van der Waals surface area contributed by atoms with E-state index in [1.807, 2.05) is 37.2 Å². The lowest BCUT2D eigenvalue weighted by molar-refractivity contribution is 0.0527. The van der Waals surface area contributed by atoms with Crippen LogP contribution in [-0.4, -0.2) is 26.7 Å². The zero-order valence-corrected chi connectivity index (χ0v) is 10.9. The summed E-state index contributed by atoms with van der Waals surface area (Å²) in [5, 5.41) is 0. The molecule has 0 saturated carbocycles. The number of carbonyl (C=O) groups is 1. The first-order valence-electron chi connectivity index (χ1n) is 4.84. The third-order valence-corrected chi connectivity index (χ3v) is 1.88. The van der Waals surface area contributed by atoms with Crippen molar-refractivity contribution in [1.82, 2.24) is 0 Å². The van der Waals surface area contributed by atoms with E-state index < -0.39 is 0 Å². The van der Waals surface area contributed by atoms with Crippen LogP contribution in [0.25, 0.3) is 0 Å². The van der Waals surface area contributed by atoms with Gasteiger partial charge in [-0.1, -0.05) is 16.7 Å². The molecule has 0 aromatic heterocycles. The van der Waals surface area contributed by atoms with Crippen molar-refractivity contribution in [2.75, 3.05) is 25.6 Å². The summed E-state index contributed by atoms with van der Waals surface area (Å²) in [6, 6.07) is 7.40. The molecule has 1 aromatic rings. The lowest BCUT2D eigenvalue weighted by atomic mass is 10.1. The van der Waals surface area contributed by atoms with Crippen LogP contribution in [-0.2, 0) is 9.30 Å². The average Bonchev–Trinajstić information content (AvgIpc) is 2.32. The minimum absolute atomic E-state index is 0.267. The maximum Gasteiger partial charge on any atom is 0.340 e. The van der Waals surface area contributed by atoms with Crippen molar-refractivity contribution in [3.8, 4) is 0 Å². The van der Waals surface area contributed by atoms with E-state index in [-0.39, 0.29) is 5.97 Å². The molecule has 0 aliphatic rings. The van der Waals surface area contributed by atoms with Crippen LogP contribution in [0.1, 0.15) is 17.3 Å². The van der Waals surface area contributed by atoms with E-state index in [9.17, 15) is 4.79 Å². The Hall–Kier alpha value is -1.41. The molecule has 0 spiro atoms. The van der Waals surface area contributed by atoms with E-state index in [2.05, 4.69) is 0 Å². The Morgan fingerprint density at radius 1 is 1.31 bits per heavy atom. The summed E-state index contributed by atoms with van der Waals surface area (Å²) in [6.45, 7) is 2.21. The van der Waals surface area contributed by atoms with Crippen LogP contribution in [0.4, 0.5) is 5.69 Å². The van der Waals surface area contributed by atoms with Gasteiger partial charge in [-0.2, -0.15) is 0 Å². The predicted molar refractivity (Wildman–Crippen MR) is 67.1 cm³/mol. The third kappa shape index (κ3) is 3.99. The maximum atomic E-state index is 11.5. The summed E-state index contributed by atoms with van der Waals surface area (Å²) in [4.78, 5) is 13.4. The number of anilines is 1. The van der Waals surface area contributed by atoms with Gasteiger partial charge in [-0.15, -0.1) is 0 Å². The first-order valence-corrected chi connectivity index (χ1v) is 5.31. The molecule has 1 rings (SSSR count). The monoisotopic (exact) mass is 242 g/mol. The highest BCUT2D eigenvalue weighted by atomic mass is 31.0. The second kappa shape index (κ2) is 7.83. The molecule has 16 heavy (non-hydrogen) atoms. The molecule has 0 bridgehead atoms. The van der Waals surface area contributed by atoms with E-state index in [4.69, 9.17) is 9.30 Å². The van der Waals surface area contributed by atoms with Crippen LogP contribution in [0, 0.1) is 0 Å². The van der Waals surface area contributed by atoms with E-state index in [1.54, 1.807) is 13.0 Å². The highest BCUT2D eigenvalue weighted by molar-refractivity contribution is 7.00. The Labute approximate surface area is 97.8 Å². The number of para-hydroxylation sites is 1. The molecule has 0 heterocycles. The van der Waals surface area contributed by atoms with Gasteiger partial charge < -0.3 is 9.64 Å². The highest BCUT2D eigenvalue weighted by Crippen LogP contribution is 2.18. The Bertz CT molecular complexity index is 342. The lowest BCUT2D eigenvalue weighted by Gasteiger charge is -2.15. The zero-order chi connectivity index (χ0) is 12.6. The fraction of sp³-hybridized carbons (Fsp3) is 0.364. The van der Waals surface area contributed by atoms with Crippen LogP contribution >= 0.6 is 9.12 Å². The van der Waals surface area contributed by atoms with Crippen molar-refractivity contribution in [1.29, 1.82) is 0 Å². The van der Waals surface area contributed by atoms with Crippen LogP contribution < -0.4 is 4.90 Å². The van der Waals surface area contributed by atoms with Gasteiger partial charge in [0.15, 0.2) is 0 Å². The molecule has 4 nitrogen and oxygen atoms in total. The zero-order valence-electron chi connectivity index (χ0n) is 9.77. The minimum Gasteiger partial charge on any atom is -0.462 e. The molecular formula is C11H17NO3P+. The molecule has 1 atom stereocenters. The topological polar surface area (TPSA) is 46.6 Å². The molecular weight excluding hydrogens is 225 g/mol. The Balaban J connectivity index is 0.00000106. The number of hydrogen-bond donors (Lipinski definition) is 0. The number of hydrogen-bond acceptors (Lipinski definition) is 4. The average molecular weight is 242 g/mol. The molecule has 1 unspecified atom stereocenters. The van der Waals surface area contributed by atoms with Crippen molar-refractivity contribution in [2.24, 2.45) is 0 Å². The standard InChI is InChI=1S/C11H15NO2.H2OP/c1-4-14-11(13)9-7-5-6-8-10(9)12(2)3;1-2/h5-8H,4H2,1-3H3;2H2/q;+1. The summed E-state index contributed by atoms with van der Waals surface area (Å²) in [5.41, 5.74) is 1.49. The number of ether oxygens (including phenoxy) is 1. The molecule has 0 amide bonds. The molecule has 0 radical (unpaired) electrons. The molecule has 1 aromatic carbocycles. The number of benzene rings is 1. The Morgan fingerprint density at radius 2 is 1.88 bits per heavy atom. The van der Waals surface area contributed by atoms with Gasteiger partial charge in [-0.05, 0) is 19.1 Å². The van der Waals surface area contributed by atoms with Gasteiger partial charge in [0.1, 0.15) is 0 Å². The first kappa shape index (κ1) is 14.6. The number of rotatable bonds is 3. The van der Waals surface area contributed by atoms with Gasteiger partial charge in [0.2, 0.25) is 0 Å². The third-order valence-electron chi connectivity index (χ3n) is 1.88. The van der Waals surface area contributed by atoms with Gasteiger partial charge in [-0.3, -0.25) is 0 Å². The molecule has 88 valence electrons. The fourth-order valence-electron chi connectivity index (χ4n) is 1.25. The molecule has 0 aliphatic carbocycles. The van der Waals surface area contributed by atoms with Gasteiger partial charge >= 0.3 is 15.1 Å². The smallest absolute Gasteiger partial charge is 0.340 e. The van der Waals surface area contributed by atoms with E-state index >= 15 is 0 Å². The second-order valence-electron chi connectivity index (χ2n) is 3.13. The number of carbonyl (C=O) groups excluding carboxylic acids is 1. The maximum absolute atomic E-state index is 11.5. The van der Waals surface area contributed by atoms with Crippen molar-refractivity contribution in [2.45, 2.75) is 6.92 Å². The highest BCUT2D eigenvalue weighted by Gasteiger charge is 2.12. The predicted octanol–water partition coefficient (Wildman–Crippen LogP) is 2.14. The molecule has 0 fully saturated rings. The molecule has 5 heteroatoms. The summed E-state index contributed by atoms with van der Waals surface area (Å²) < 4.78 is 13.1. The molecule has 0 aliphatic heterocycles. The first-order chi connectivity index (χ1) is 7.66. The van der Waals surface area contributed by atoms with Crippen LogP contribution in [0.5, 0.6) is 0 Å². The minimum atomic E-state index is -0.267. The summed E-state index contributed by atoms with van der Waals surface area (Å²) in [6.07, 6.45) is 0. The van der Waals surface area contributed by atoms with Crippen LogP contribution in [0.2, 0.25) is 0 Å². The number of nitrogens with zero attached hydrogens (tertiary/aromatic N) is 1. The van der Waals surface area contributed by atoms with Crippen LogP contribution in [0.15, 0.2) is 24.3 Å². The molecule has 0 N–H and O–H groups in total. The fourth-order valence-corrected chi connectivity index (χ4v) is 1.25. The largest absolute Gasteiger partial charge is 0.462 e. The van der Waals surface area contributed by atoms with Crippen molar-refractivity contribution in [3.05, 3.63) is 29.8 Å². The Kier molecular flexibility index (Phi) is 7.14. The second-order valence-corrected chi connectivity index (χ2v) is 3.13. The van der Waals surface area contributed by atoms with E-state index in [0.29, 0.717) is 12.2 Å². The van der Waals surface area contributed by atoms with E-state index in [1.165, 1.54) is 9.12 Å². The lowest BCUT2D eigenvalue weighted by Crippen LogP contribution is -2.15. The number of esters is 1.